The number of carbonyl (C=O) groups is 2. The van der Waals surface area contributed by atoms with Crippen molar-refractivity contribution in [1.82, 2.24) is 5.32 Å². The van der Waals surface area contributed by atoms with Gasteiger partial charge in [0.2, 0.25) is 5.54 Å². The monoisotopic (exact) mass is 367 g/mol. The Kier molecular flexibility index (Phi) is 5.33. The fourth-order valence-corrected chi connectivity index (χ4v) is 3.97. The van der Waals surface area contributed by atoms with Gasteiger partial charge >= 0.3 is 11.9 Å². The molecule has 0 heterocycles. The first-order chi connectivity index (χ1) is 13.0. The lowest BCUT2D eigenvalue weighted by atomic mass is 9.83. The number of hydrogen-bond acceptors (Lipinski definition) is 4. The van der Waals surface area contributed by atoms with Gasteiger partial charge in [-0.15, -0.1) is 0 Å². The number of carbonyl (C=O) groups excluding carboxylic acids is 1. The van der Waals surface area contributed by atoms with Crippen molar-refractivity contribution in [3.8, 4) is 11.1 Å². The van der Waals surface area contributed by atoms with Crippen LogP contribution in [0, 0.1) is 5.92 Å². The fraction of sp³-hybridized carbons (Fsp3) is 0.364. The van der Waals surface area contributed by atoms with E-state index >= 15 is 0 Å². The Balaban J connectivity index is 1.88. The third-order valence-electron chi connectivity index (χ3n) is 5.75. The highest BCUT2D eigenvalue weighted by molar-refractivity contribution is 6.04. The highest BCUT2D eigenvalue weighted by Gasteiger charge is 2.51. The van der Waals surface area contributed by atoms with Gasteiger partial charge in [-0.05, 0) is 35.2 Å². The molecule has 0 aliphatic heterocycles. The van der Waals surface area contributed by atoms with Crippen molar-refractivity contribution in [3.05, 3.63) is 59.7 Å². The summed E-state index contributed by atoms with van der Waals surface area (Å²) in [5, 5.41) is 12.4. The Morgan fingerprint density at radius 1 is 1.11 bits per heavy atom. The lowest BCUT2D eigenvalue weighted by Gasteiger charge is -2.32. The zero-order valence-corrected chi connectivity index (χ0v) is 15.9. The van der Waals surface area contributed by atoms with Crippen molar-refractivity contribution in [2.45, 2.75) is 31.7 Å². The van der Waals surface area contributed by atoms with Gasteiger partial charge in [-0.3, -0.25) is 5.32 Å². The van der Waals surface area contributed by atoms with Crippen LogP contribution < -0.4 is 5.32 Å². The third-order valence-corrected chi connectivity index (χ3v) is 5.75. The Labute approximate surface area is 159 Å². The molecule has 5 heteroatoms. The lowest BCUT2D eigenvalue weighted by molar-refractivity contribution is -0.166. The van der Waals surface area contributed by atoms with Crippen LogP contribution in [-0.2, 0) is 14.3 Å². The van der Waals surface area contributed by atoms with E-state index in [-0.39, 0.29) is 12.5 Å². The lowest BCUT2D eigenvalue weighted by Crippen LogP contribution is -2.61. The van der Waals surface area contributed by atoms with Crippen LogP contribution in [0.5, 0.6) is 0 Å². The number of carboxylic acid groups (broad SMARTS) is 1. The molecule has 2 aromatic carbocycles. The first kappa shape index (κ1) is 19.1. The summed E-state index contributed by atoms with van der Waals surface area (Å²) < 4.78 is 5.60. The molecule has 0 amide bonds. The molecular weight excluding hydrogens is 342 g/mol. The Hall–Kier alpha value is -2.66. The first-order valence-electron chi connectivity index (χ1n) is 9.25. The predicted molar refractivity (Wildman–Crippen MR) is 104 cm³/mol. The summed E-state index contributed by atoms with van der Waals surface area (Å²) in [4.78, 5) is 24.8. The van der Waals surface area contributed by atoms with Crippen LogP contribution >= 0.6 is 0 Å². The second-order valence-electron chi connectivity index (χ2n) is 7.00. The van der Waals surface area contributed by atoms with Crippen molar-refractivity contribution in [1.29, 1.82) is 0 Å². The number of carboxylic acids is 1. The number of fused-ring (bicyclic) bond motifs is 3. The molecule has 0 aromatic heterocycles. The topological polar surface area (TPSA) is 75.6 Å². The average Bonchev–Trinajstić information content (AvgIpc) is 3.00. The molecular formula is C22H25NO4. The van der Waals surface area contributed by atoms with E-state index in [9.17, 15) is 14.7 Å². The molecule has 2 N–H and O–H groups in total. The van der Waals surface area contributed by atoms with Gasteiger partial charge in [0, 0.05) is 5.92 Å². The van der Waals surface area contributed by atoms with Crippen LogP contribution in [0.15, 0.2) is 48.5 Å². The summed E-state index contributed by atoms with van der Waals surface area (Å²) in [5.74, 6) is -2.46. The van der Waals surface area contributed by atoms with E-state index < -0.39 is 23.4 Å². The maximum atomic E-state index is 12.9. The van der Waals surface area contributed by atoms with Gasteiger partial charge in [0.1, 0.15) is 6.61 Å². The molecule has 5 nitrogen and oxygen atoms in total. The number of hydrogen-bond donors (Lipinski definition) is 2. The van der Waals surface area contributed by atoms with Gasteiger partial charge in [0.15, 0.2) is 0 Å². The summed E-state index contributed by atoms with van der Waals surface area (Å²) in [6.07, 6.45) is 0.539. The molecule has 142 valence electrons. The molecule has 2 atom stereocenters. The van der Waals surface area contributed by atoms with Gasteiger partial charge < -0.3 is 9.84 Å². The van der Waals surface area contributed by atoms with Gasteiger partial charge in [0.25, 0.3) is 0 Å². The number of aliphatic carboxylic acids is 1. The van der Waals surface area contributed by atoms with E-state index in [0.717, 1.165) is 22.3 Å². The zero-order chi connectivity index (χ0) is 19.6. The zero-order valence-electron chi connectivity index (χ0n) is 15.9. The number of rotatable bonds is 7. The van der Waals surface area contributed by atoms with E-state index in [2.05, 4.69) is 17.4 Å². The fourth-order valence-electron chi connectivity index (χ4n) is 3.97. The smallest absolute Gasteiger partial charge is 0.338 e. The molecule has 0 radical (unpaired) electrons. The molecule has 1 aliphatic rings. The Morgan fingerprint density at radius 2 is 1.63 bits per heavy atom. The van der Waals surface area contributed by atoms with Crippen molar-refractivity contribution >= 4 is 11.9 Å². The van der Waals surface area contributed by atoms with Crippen LogP contribution in [0.1, 0.15) is 37.3 Å². The number of nitrogens with one attached hydrogen (secondary N) is 1. The SMILES string of the molecule is CCC(C)[C@](NC)(C(=O)O)C(=O)OCC1c2ccccc2-c2ccccc21. The molecule has 2 aromatic rings. The molecule has 0 bridgehead atoms. The third kappa shape index (κ3) is 3.02. The number of ether oxygens (including phenoxy) is 1. The van der Waals surface area contributed by atoms with Gasteiger partial charge in [-0.2, -0.15) is 0 Å². The summed E-state index contributed by atoms with van der Waals surface area (Å²) in [6, 6.07) is 16.1. The van der Waals surface area contributed by atoms with E-state index in [1.165, 1.54) is 7.05 Å². The van der Waals surface area contributed by atoms with Crippen LogP contribution in [0.25, 0.3) is 11.1 Å². The first-order valence-corrected chi connectivity index (χ1v) is 9.25. The highest BCUT2D eigenvalue weighted by Crippen LogP contribution is 2.44. The molecule has 0 saturated heterocycles. The maximum Gasteiger partial charge on any atom is 0.338 e. The Bertz CT molecular complexity index is 817. The van der Waals surface area contributed by atoms with Crippen LogP contribution in [0.4, 0.5) is 0 Å². The number of esters is 1. The molecule has 27 heavy (non-hydrogen) atoms. The molecule has 0 saturated carbocycles. The summed E-state index contributed by atoms with van der Waals surface area (Å²) in [5.41, 5.74) is 2.72. The van der Waals surface area contributed by atoms with Gasteiger partial charge in [-0.25, -0.2) is 9.59 Å². The van der Waals surface area contributed by atoms with Crippen LogP contribution in [-0.4, -0.2) is 36.2 Å². The average molecular weight is 367 g/mol. The van der Waals surface area contributed by atoms with Crippen molar-refractivity contribution in [2.24, 2.45) is 5.92 Å². The minimum Gasteiger partial charge on any atom is -0.479 e. The largest absolute Gasteiger partial charge is 0.479 e. The Morgan fingerprint density at radius 3 is 2.07 bits per heavy atom. The normalized spacial score (nSPS) is 16.1. The second-order valence-corrected chi connectivity index (χ2v) is 7.00. The summed E-state index contributed by atoms with van der Waals surface area (Å²) in [7, 11) is 1.49. The predicted octanol–water partition coefficient (Wildman–Crippen LogP) is 3.43. The molecule has 0 fully saturated rings. The van der Waals surface area contributed by atoms with Crippen molar-refractivity contribution < 1.29 is 19.4 Å². The molecule has 0 spiro atoms. The van der Waals surface area contributed by atoms with Crippen LogP contribution in [0.3, 0.4) is 0 Å². The minimum absolute atomic E-state index is 0.0957. The highest BCUT2D eigenvalue weighted by atomic mass is 16.5. The summed E-state index contributed by atoms with van der Waals surface area (Å²) in [6.45, 7) is 3.71. The van der Waals surface area contributed by atoms with E-state index in [1.54, 1.807) is 6.92 Å². The minimum atomic E-state index is -1.74. The van der Waals surface area contributed by atoms with Crippen molar-refractivity contribution in [2.75, 3.05) is 13.7 Å². The van der Waals surface area contributed by atoms with E-state index in [1.807, 2.05) is 43.3 Å². The summed E-state index contributed by atoms with van der Waals surface area (Å²) >= 11 is 0. The van der Waals surface area contributed by atoms with E-state index in [4.69, 9.17) is 4.74 Å². The molecule has 1 aliphatic carbocycles. The quantitative estimate of drug-likeness (QED) is 0.579. The van der Waals surface area contributed by atoms with E-state index in [0.29, 0.717) is 6.42 Å². The molecule has 3 rings (SSSR count). The van der Waals surface area contributed by atoms with Gasteiger partial charge in [-0.1, -0.05) is 68.8 Å². The van der Waals surface area contributed by atoms with Crippen LogP contribution in [0.2, 0.25) is 0 Å². The van der Waals surface area contributed by atoms with Crippen molar-refractivity contribution in [3.63, 3.8) is 0 Å². The van der Waals surface area contributed by atoms with Gasteiger partial charge in [0.05, 0.1) is 0 Å². The number of likely N-dealkylation sites (N-methyl/N-ethyl adjacent to an activating group) is 1. The maximum absolute atomic E-state index is 12.9. The number of benzene rings is 2. The standard InChI is InChI=1S/C22H25NO4/c1-4-14(2)22(23-3,20(24)25)21(26)27-13-19-17-11-7-5-9-15(17)16-10-6-8-12-18(16)19/h5-12,14,19,23H,4,13H2,1-3H3,(H,24,25)/t14?,22-/m0/s1. The molecule has 1 unspecified atom stereocenters. The second kappa shape index (κ2) is 7.53.